The van der Waals surface area contributed by atoms with Gasteiger partial charge >= 0.3 is 13.1 Å². The molecule has 14 rings (SSSR count). The molecule has 0 saturated heterocycles. The number of primary amides is 3. The van der Waals surface area contributed by atoms with Crippen molar-refractivity contribution < 1.29 is 63.6 Å². The van der Waals surface area contributed by atoms with Crippen LogP contribution < -0.4 is 33.7 Å². The van der Waals surface area contributed by atoms with Gasteiger partial charge in [-0.25, -0.2) is 4.79 Å². The zero-order valence-corrected chi connectivity index (χ0v) is 69.4. The fourth-order valence-electron chi connectivity index (χ4n) is 11.8. The van der Waals surface area contributed by atoms with Gasteiger partial charge in [0.05, 0.1) is 25.3 Å². The van der Waals surface area contributed by atoms with Crippen molar-refractivity contribution in [2.45, 2.75) is 40.0 Å². The summed E-state index contributed by atoms with van der Waals surface area (Å²) in [5.74, 6) is -2.58. The van der Waals surface area contributed by atoms with Crippen LogP contribution in [0, 0.1) is 54.3 Å². The SMILES string of the molecule is CC(C)(C)c1ccc(/C=C/C(=O)Nc2ccc(-c3cccc(C(N)=O)c3)cc2)cc1.Cc1cccc(-c2ccc([N+](=O)[O-])cc2)c1.Cc1cccc(B(O)O)c1.NC(=O)c1cccc(-c2ccc(N)cc2)c1.NC(=O)c1cccc(-c2ccc([N+](=O)[O-])cc2)c1.O=C(Cl)c1cccc(-c2ccc([N+](=O)[O-])cc2)c1.O=C(O)c1cccc(-c2ccc([N+](=O)[O-])cc2)c1. The van der Waals surface area contributed by atoms with Crippen LogP contribution in [0.2, 0.25) is 0 Å². The van der Waals surface area contributed by atoms with Crippen LogP contribution in [0.4, 0.5) is 34.1 Å². The standard InChI is InChI=1S/C26H26N2O2.C13H8ClNO3.C13H10N2O3.C13H12N2O.C13H9NO4.C13H11NO2.C7H9BO2/c1-26(2,3)22-12-7-18(8-13-22)9-16-24(29)28-23-14-10-19(11-15-23)20-5-4-6-21(17-20)25(27)30;2*14-13(16)11-3-1-2-10(8-11)9-4-6-12(7-5-9)15(17)18;14-12-6-4-9(5-7-12)10-2-1-3-11(8-10)13(15)16;15-13(16)11-3-1-2-10(8-11)9-4-6-12(7-5-9)14(17)18;1-10-3-2-4-12(9-10)11-5-7-13(8-6-11)14(15)16;1-6-3-2-4-7(5-6)8(9)10/h4-17H,1-3H3,(H2,27,30)(H,28,29);1-8H;1-8H,(H2,14,16);1-8H,14H2,(H2,15,16);1-8H,(H,15,16);2-9H,1H3;2-5,9-10H,1H3/b16-9+;;;;;;. The van der Waals surface area contributed by atoms with Gasteiger partial charge in [-0.15, -0.1) is 0 Å². The maximum Gasteiger partial charge on any atom is 0.488 e. The molecule has 0 radical (unpaired) electrons. The van der Waals surface area contributed by atoms with Crippen molar-refractivity contribution >= 4 is 99.2 Å². The number of carboxylic acid groups (broad SMARTS) is 1. The molecule has 0 saturated carbocycles. The van der Waals surface area contributed by atoms with Gasteiger partial charge in [0.1, 0.15) is 0 Å². The van der Waals surface area contributed by atoms with Crippen molar-refractivity contribution in [1.82, 2.24) is 0 Å². The molecule has 14 aromatic rings. The Kier molecular flexibility index (Phi) is 34.5. The highest BCUT2D eigenvalue weighted by Crippen LogP contribution is 2.30. The van der Waals surface area contributed by atoms with Gasteiger partial charge in [-0.3, -0.25) is 64.4 Å². The number of nitrogens with one attached hydrogen (secondary N) is 1. The minimum atomic E-state index is -1.35. The van der Waals surface area contributed by atoms with Gasteiger partial charge in [0.25, 0.3) is 28.0 Å². The monoisotopic (exact) mass is 1710 g/mol. The van der Waals surface area contributed by atoms with Crippen LogP contribution >= 0.6 is 11.6 Å². The van der Waals surface area contributed by atoms with Gasteiger partial charge in [-0.2, -0.15) is 0 Å². The normalized spacial score (nSPS) is 10.3. The number of hydrogen-bond donors (Lipinski definition) is 8. The predicted octanol–water partition coefficient (Wildman–Crippen LogP) is 19.6. The molecular weight excluding hydrogens is 1620 g/mol. The van der Waals surface area contributed by atoms with E-state index in [4.69, 9.17) is 49.7 Å². The highest BCUT2D eigenvalue weighted by Gasteiger charge is 2.16. The first-order valence-corrected chi connectivity index (χ1v) is 38.7. The Bertz CT molecular complexity index is 5970. The highest BCUT2D eigenvalue weighted by atomic mass is 35.5. The van der Waals surface area contributed by atoms with Crippen molar-refractivity contribution in [3.05, 3.63) is 436 Å². The number of carbonyl (C=O) groups excluding carboxylic acids is 5. The summed E-state index contributed by atoms with van der Waals surface area (Å²) < 4.78 is 0. The number of nitrogens with zero attached hydrogens (tertiary/aromatic N) is 4. The number of carboxylic acids is 1. The summed E-state index contributed by atoms with van der Waals surface area (Å²) >= 11 is 5.40. The van der Waals surface area contributed by atoms with Crippen molar-refractivity contribution in [1.29, 1.82) is 0 Å². The van der Waals surface area contributed by atoms with Crippen molar-refractivity contribution in [3.63, 3.8) is 0 Å². The molecule has 0 heterocycles. The summed E-state index contributed by atoms with van der Waals surface area (Å²) in [6, 6.07) is 97.5. The number of nitrogens with two attached hydrogens (primary N) is 4. The molecule has 0 fully saturated rings. The Morgan fingerprint density at radius 3 is 0.944 bits per heavy atom. The van der Waals surface area contributed by atoms with Crippen molar-refractivity contribution in [2.75, 3.05) is 11.1 Å². The van der Waals surface area contributed by atoms with Gasteiger partial charge in [0, 0.05) is 88.2 Å². The average molecular weight is 1710 g/mol. The van der Waals surface area contributed by atoms with E-state index >= 15 is 0 Å². The molecule has 14 aromatic carbocycles. The van der Waals surface area contributed by atoms with Gasteiger partial charge < -0.3 is 43.4 Å². The van der Waals surface area contributed by atoms with Crippen LogP contribution in [0.25, 0.3) is 72.8 Å². The van der Waals surface area contributed by atoms with E-state index in [0.29, 0.717) is 39.0 Å². The minimum Gasteiger partial charge on any atom is -0.478 e. The number of amides is 4. The molecule has 0 atom stereocenters. The lowest BCUT2D eigenvalue weighted by Crippen LogP contribution is -2.29. The molecular formula is C98H85BClN9O17. The van der Waals surface area contributed by atoms with Crippen LogP contribution in [0.5, 0.6) is 0 Å². The Labute approximate surface area is 730 Å². The number of benzene rings is 14. The lowest BCUT2D eigenvalue weighted by Gasteiger charge is -2.18. The molecule has 0 aliphatic carbocycles. The third-order valence-electron chi connectivity index (χ3n) is 18.6. The topological polar surface area (TPSA) is 452 Å². The number of non-ortho nitro benzene ring substituents is 4. The summed E-state index contributed by atoms with van der Waals surface area (Å²) in [5.41, 5.74) is 40.5. The maximum absolute atomic E-state index is 12.2. The lowest BCUT2D eigenvalue weighted by molar-refractivity contribution is -0.385. The highest BCUT2D eigenvalue weighted by molar-refractivity contribution is 6.67. The molecule has 26 nitrogen and oxygen atoms in total. The molecule has 0 unspecified atom stereocenters. The second-order valence-electron chi connectivity index (χ2n) is 28.8. The number of nitro benzene ring substituents is 4. The quantitative estimate of drug-likeness (QED) is 0.00931. The molecule has 4 amide bonds. The molecule has 12 N–H and O–H groups in total. The van der Waals surface area contributed by atoms with Gasteiger partial charge in [0.15, 0.2) is 0 Å². The second-order valence-corrected chi connectivity index (χ2v) is 29.2. The summed E-state index contributed by atoms with van der Waals surface area (Å²) in [7, 11) is -1.35. The molecule has 28 heteroatoms. The van der Waals surface area contributed by atoms with E-state index in [9.17, 15) is 69.2 Å². The third-order valence-corrected chi connectivity index (χ3v) is 18.8. The molecule has 0 aliphatic heterocycles. The number of nitrogen functional groups attached to an aromatic ring is 1. The summed E-state index contributed by atoms with van der Waals surface area (Å²) in [6.07, 6.45) is 3.32. The average Bonchev–Trinajstić information content (AvgIpc) is 0.861. The Hall–Kier alpha value is -16.5. The van der Waals surface area contributed by atoms with Crippen molar-refractivity contribution in [3.8, 4) is 66.8 Å². The molecule has 126 heavy (non-hydrogen) atoms. The van der Waals surface area contributed by atoms with E-state index in [-0.39, 0.29) is 44.6 Å². The number of aryl methyl sites for hydroxylation is 2. The van der Waals surface area contributed by atoms with Crippen LogP contribution in [-0.2, 0) is 10.2 Å². The Morgan fingerprint density at radius 1 is 0.365 bits per heavy atom. The van der Waals surface area contributed by atoms with E-state index in [0.717, 1.165) is 78.0 Å². The summed E-state index contributed by atoms with van der Waals surface area (Å²) in [6.45, 7) is 10.4. The number of hydrogen-bond acceptors (Lipinski definition) is 17. The van der Waals surface area contributed by atoms with Gasteiger partial charge in [-0.1, -0.05) is 196 Å². The second kappa shape index (κ2) is 45.8. The number of nitro groups is 4. The number of carbonyl (C=O) groups is 6. The summed E-state index contributed by atoms with van der Waals surface area (Å²) in [5, 5.41) is 70.7. The largest absolute Gasteiger partial charge is 0.488 e. The molecule has 0 bridgehead atoms. The number of anilines is 2. The van der Waals surface area contributed by atoms with Crippen LogP contribution in [0.1, 0.15) is 94.8 Å². The number of halogens is 1. The number of rotatable bonds is 19. The zero-order chi connectivity index (χ0) is 91.7. The first kappa shape index (κ1) is 95.0. The molecule has 634 valence electrons. The smallest absolute Gasteiger partial charge is 0.478 e. The molecule has 0 spiro atoms. The number of aromatic carboxylic acids is 1. The van der Waals surface area contributed by atoms with Crippen molar-refractivity contribution in [2.24, 2.45) is 17.2 Å². The van der Waals surface area contributed by atoms with E-state index in [1.165, 1.54) is 77.9 Å². The first-order chi connectivity index (χ1) is 60.0. The van der Waals surface area contributed by atoms with Gasteiger partial charge in [0.2, 0.25) is 23.6 Å². The van der Waals surface area contributed by atoms with E-state index in [1.54, 1.807) is 152 Å². The Balaban J connectivity index is 0.000000186. The first-order valence-electron chi connectivity index (χ1n) is 38.4. The van der Waals surface area contributed by atoms with E-state index in [2.05, 4.69) is 44.3 Å². The lowest BCUT2D eigenvalue weighted by atomic mass is 9.80. The Morgan fingerprint density at radius 2 is 0.651 bits per heavy atom. The van der Waals surface area contributed by atoms with Crippen LogP contribution in [0.15, 0.2) is 346 Å². The van der Waals surface area contributed by atoms with E-state index < -0.39 is 50.8 Å². The van der Waals surface area contributed by atoms with Crippen LogP contribution in [-0.4, -0.2) is 76.8 Å². The summed E-state index contributed by atoms with van der Waals surface area (Å²) in [4.78, 5) is 108. The molecule has 0 aromatic heterocycles. The van der Waals surface area contributed by atoms with Crippen LogP contribution in [0.3, 0.4) is 0 Å². The zero-order valence-electron chi connectivity index (χ0n) is 68.6. The van der Waals surface area contributed by atoms with Gasteiger partial charge in [-0.05, 0) is 248 Å². The maximum atomic E-state index is 12.2. The van der Waals surface area contributed by atoms with E-state index in [1.807, 2.05) is 129 Å². The third kappa shape index (κ3) is 29.7. The predicted molar refractivity (Wildman–Crippen MR) is 494 cm³/mol. The fraction of sp³-hybridized carbons (Fsp3) is 0.0612. The molecule has 0 aliphatic rings. The minimum absolute atomic E-state index is 0.00754. The fourth-order valence-corrected chi connectivity index (χ4v) is 12.0.